The maximum absolute atomic E-state index is 11.9. The minimum atomic E-state index is -0.297. The van der Waals surface area contributed by atoms with Crippen molar-refractivity contribution in [3.8, 4) is 0 Å². The molecule has 0 radical (unpaired) electrons. The molecule has 1 saturated heterocycles. The molecule has 2 heterocycles. The molecule has 4 heteroatoms. The number of esters is 2. The van der Waals surface area contributed by atoms with Gasteiger partial charge in [-0.1, -0.05) is 23.8 Å². The zero-order chi connectivity index (χ0) is 17.3. The van der Waals surface area contributed by atoms with Crippen molar-refractivity contribution in [2.24, 2.45) is 5.92 Å². The molecule has 0 spiro atoms. The van der Waals surface area contributed by atoms with Crippen LogP contribution in [0.4, 0.5) is 0 Å². The molecule has 0 aromatic rings. The van der Waals surface area contributed by atoms with Gasteiger partial charge in [-0.2, -0.15) is 0 Å². The van der Waals surface area contributed by atoms with Crippen molar-refractivity contribution < 1.29 is 19.1 Å². The lowest BCUT2D eigenvalue weighted by molar-refractivity contribution is -0.139. The van der Waals surface area contributed by atoms with Gasteiger partial charge in [-0.15, -0.1) is 0 Å². The Balaban J connectivity index is 1.86. The molecule has 0 N–H and O–H groups in total. The van der Waals surface area contributed by atoms with Crippen molar-refractivity contribution in [3.63, 3.8) is 0 Å². The fourth-order valence-electron chi connectivity index (χ4n) is 3.57. The second kappa shape index (κ2) is 6.80. The number of carbonyl (C=O) groups is 2. The Bertz CT molecular complexity index is 665. The van der Waals surface area contributed by atoms with E-state index in [0.29, 0.717) is 12.0 Å². The number of carbonyl (C=O) groups excluding carboxylic acids is 2. The molecule has 1 fully saturated rings. The molecule has 0 aromatic carbocycles. The van der Waals surface area contributed by atoms with Gasteiger partial charge in [0.15, 0.2) is 0 Å². The maximum Gasteiger partial charge on any atom is 0.334 e. The second-order valence-corrected chi connectivity index (χ2v) is 6.98. The third kappa shape index (κ3) is 3.53. The van der Waals surface area contributed by atoms with E-state index >= 15 is 0 Å². The van der Waals surface area contributed by atoms with Gasteiger partial charge in [0.2, 0.25) is 0 Å². The van der Waals surface area contributed by atoms with Gasteiger partial charge in [0.05, 0.1) is 0 Å². The molecular weight excluding hydrogens is 304 g/mol. The summed E-state index contributed by atoms with van der Waals surface area (Å²) >= 11 is 0. The molecule has 2 aliphatic heterocycles. The lowest BCUT2D eigenvalue weighted by Gasteiger charge is -2.16. The minimum absolute atomic E-state index is 0.0240. The molecular formula is C20H24O4. The summed E-state index contributed by atoms with van der Waals surface area (Å²) in [6.45, 7) is 8.00. The predicted octanol–water partition coefficient (Wildman–Crippen LogP) is 3.79. The first-order valence-electron chi connectivity index (χ1n) is 8.58. The highest BCUT2D eigenvalue weighted by atomic mass is 16.6. The lowest BCUT2D eigenvalue weighted by atomic mass is 9.89. The fourth-order valence-corrected chi connectivity index (χ4v) is 3.57. The summed E-state index contributed by atoms with van der Waals surface area (Å²) in [6, 6.07) is 0. The van der Waals surface area contributed by atoms with E-state index in [9.17, 15) is 9.59 Å². The van der Waals surface area contributed by atoms with Gasteiger partial charge in [-0.25, -0.2) is 9.59 Å². The molecule has 3 rings (SSSR count). The summed E-state index contributed by atoms with van der Waals surface area (Å²) < 4.78 is 10.9. The van der Waals surface area contributed by atoms with Crippen LogP contribution in [-0.2, 0) is 19.1 Å². The summed E-state index contributed by atoms with van der Waals surface area (Å²) in [5, 5.41) is 0. The second-order valence-electron chi connectivity index (χ2n) is 6.98. The van der Waals surface area contributed by atoms with Crippen molar-refractivity contribution in [2.45, 2.75) is 58.2 Å². The van der Waals surface area contributed by atoms with Crippen molar-refractivity contribution in [2.75, 3.05) is 0 Å². The average Bonchev–Trinajstić information content (AvgIpc) is 2.97. The van der Waals surface area contributed by atoms with Crippen LogP contribution in [0.25, 0.3) is 0 Å². The molecule has 0 amide bonds. The molecule has 0 aromatic heterocycles. The molecule has 24 heavy (non-hydrogen) atoms. The summed E-state index contributed by atoms with van der Waals surface area (Å²) in [6.07, 6.45) is 9.56. The Morgan fingerprint density at radius 3 is 2.62 bits per heavy atom. The number of hydrogen-bond donors (Lipinski definition) is 0. The Morgan fingerprint density at radius 2 is 1.83 bits per heavy atom. The zero-order valence-corrected chi connectivity index (χ0v) is 14.3. The van der Waals surface area contributed by atoms with E-state index in [1.54, 1.807) is 0 Å². The van der Waals surface area contributed by atoms with Crippen LogP contribution < -0.4 is 0 Å². The van der Waals surface area contributed by atoms with Crippen molar-refractivity contribution in [3.05, 3.63) is 47.1 Å². The fraction of sp³-hybridized carbons (Fsp3) is 0.500. The quantitative estimate of drug-likeness (QED) is 0.386. The lowest BCUT2D eigenvalue weighted by Crippen LogP contribution is -2.16. The van der Waals surface area contributed by atoms with Crippen LogP contribution >= 0.6 is 0 Å². The summed E-state index contributed by atoms with van der Waals surface area (Å²) in [5.41, 5.74) is 3.67. The van der Waals surface area contributed by atoms with Gasteiger partial charge in [0.25, 0.3) is 0 Å². The molecule has 1 aliphatic carbocycles. The van der Waals surface area contributed by atoms with Gasteiger partial charge in [-0.05, 0) is 51.7 Å². The highest BCUT2D eigenvalue weighted by Crippen LogP contribution is 2.34. The van der Waals surface area contributed by atoms with Gasteiger partial charge in [0.1, 0.15) is 12.2 Å². The minimum Gasteiger partial charge on any atom is -0.454 e. The smallest absolute Gasteiger partial charge is 0.334 e. The van der Waals surface area contributed by atoms with Gasteiger partial charge in [-0.3, -0.25) is 0 Å². The standard InChI is InChI=1S/C20H24O4/c1-12-5-4-6-15-11-16(23-20(15)22)9-13(2)10-18-17(8-7-12)14(3)19(21)24-18/h5,10-11,16-18H,3-4,6-9H2,1-2H3/b12-5+,13-10+/t16?,17?,18-/m0/s1. The number of allylic oxidation sites excluding steroid dienone is 2. The SMILES string of the molecule is C=C1C(=O)O[C@H]2/C=C(\C)CC3C=C(CC/C=C(\C)CCC12)C(=O)O3. The first-order chi connectivity index (χ1) is 11.4. The molecule has 0 saturated carbocycles. The van der Waals surface area contributed by atoms with Gasteiger partial charge in [0, 0.05) is 23.5 Å². The highest BCUT2D eigenvalue weighted by molar-refractivity contribution is 5.91. The summed E-state index contributed by atoms with van der Waals surface area (Å²) in [4.78, 5) is 23.8. The highest BCUT2D eigenvalue weighted by Gasteiger charge is 2.37. The van der Waals surface area contributed by atoms with Crippen LogP contribution in [0.5, 0.6) is 0 Å². The normalized spacial score (nSPS) is 35.7. The van der Waals surface area contributed by atoms with Crippen LogP contribution in [0.15, 0.2) is 47.1 Å². The third-order valence-corrected chi connectivity index (χ3v) is 4.99. The zero-order valence-electron chi connectivity index (χ0n) is 14.3. The van der Waals surface area contributed by atoms with Gasteiger partial charge < -0.3 is 9.47 Å². The van der Waals surface area contributed by atoms with E-state index in [-0.39, 0.29) is 30.1 Å². The van der Waals surface area contributed by atoms with Crippen molar-refractivity contribution >= 4 is 11.9 Å². The van der Waals surface area contributed by atoms with Crippen LogP contribution in [0.1, 0.15) is 46.0 Å². The van der Waals surface area contributed by atoms with E-state index in [1.807, 2.05) is 19.1 Å². The predicted molar refractivity (Wildman–Crippen MR) is 91.1 cm³/mol. The molecule has 128 valence electrons. The Kier molecular flexibility index (Phi) is 4.74. The molecule has 2 unspecified atom stereocenters. The number of fused-ring (bicyclic) bond motifs is 2. The topological polar surface area (TPSA) is 52.6 Å². The summed E-state index contributed by atoms with van der Waals surface area (Å²) in [7, 11) is 0. The van der Waals surface area contributed by atoms with Crippen LogP contribution in [0.2, 0.25) is 0 Å². The first kappa shape index (κ1) is 16.7. The van der Waals surface area contributed by atoms with E-state index < -0.39 is 0 Å². The number of rotatable bonds is 0. The molecule has 4 nitrogen and oxygen atoms in total. The Hall–Kier alpha value is -2.10. The van der Waals surface area contributed by atoms with Crippen LogP contribution in [0, 0.1) is 5.92 Å². The largest absolute Gasteiger partial charge is 0.454 e. The van der Waals surface area contributed by atoms with Crippen molar-refractivity contribution in [1.82, 2.24) is 0 Å². The number of ether oxygens (including phenoxy) is 2. The van der Waals surface area contributed by atoms with Crippen molar-refractivity contribution in [1.29, 1.82) is 0 Å². The molecule has 2 bridgehead atoms. The monoisotopic (exact) mass is 328 g/mol. The third-order valence-electron chi connectivity index (χ3n) is 4.99. The maximum atomic E-state index is 11.9. The van der Waals surface area contributed by atoms with E-state index in [2.05, 4.69) is 19.6 Å². The van der Waals surface area contributed by atoms with Crippen LogP contribution in [-0.4, -0.2) is 24.1 Å². The first-order valence-corrected chi connectivity index (χ1v) is 8.58. The van der Waals surface area contributed by atoms with Gasteiger partial charge >= 0.3 is 11.9 Å². The summed E-state index contributed by atoms with van der Waals surface area (Å²) in [5.74, 6) is -0.474. The number of hydrogen-bond acceptors (Lipinski definition) is 4. The van der Waals surface area contributed by atoms with E-state index in [1.165, 1.54) is 5.57 Å². The molecule has 3 aliphatic rings. The average molecular weight is 328 g/mol. The van der Waals surface area contributed by atoms with Crippen LogP contribution in [0.3, 0.4) is 0 Å². The Morgan fingerprint density at radius 1 is 1.04 bits per heavy atom. The van der Waals surface area contributed by atoms with E-state index in [0.717, 1.165) is 36.8 Å². The Labute approximate surface area is 142 Å². The van der Waals surface area contributed by atoms with E-state index in [4.69, 9.17) is 9.47 Å². The molecule has 3 atom stereocenters.